The fourth-order valence-corrected chi connectivity index (χ4v) is 3.06. The van der Waals surface area contributed by atoms with Crippen LogP contribution in [0.25, 0.3) is 0 Å². The molecular weight excluding hydrogens is 208 g/mol. The first-order valence-corrected chi connectivity index (χ1v) is 5.40. The zero-order chi connectivity index (χ0) is 10.5. The average Bonchev–Trinajstić information content (AvgIpc) is 2.72. The fourth-order valence-electron chi connectivity index (χ4n) is 2.14. The van der Waals surface area contributed by atoms with Crippen LogP contribution in [0.15, 0.2) is 0 Å². The van der Waals surface area contributed by atoms with E-state index in [-0.39, 0.29) is 12.5 Å². The molecule has 2 aliphatic rings. The summed E-state index contributed by atoms with van der Waals surface area (Å²) < 4.78 is 4.14. The molecule has 1 aliphatic heterocycles. The number of fused-ring (bicyclic) bond motifs is 1. The Balaban J connectivity index is 2.23. The molecule has 1 aliphatic carbocycles. The third-order valence-electron chi connectivity index (χ3n) is 2.99. The van der Waals surface area contributed by atoms with Gasteiger partial charge in [-0.2, -0.15) is 0 Å². The molecule has 4 unspecified atom stereocenters. The molecule has 1 heterocycles. The predicted molar refractivity (Wildman–Crippen MR) is 48.2 cm³/mol. The van der Waals surface area contributed by atoms with Gasteiger partial charge in [-0.3, -0.25) is 9.59 Å². The summed E-state index contributed by atoms with van der Waals surface area (Å²) in [6.45, 7) is 0.114. The summed E-state index contributed by atoms with van der Waals surface area (Å²) in [4.78, 5) is 21.8. The summed E-state index contributed by atoms with van der Waals surface area (Å²) >= 11 is 1.17. The molecular formula is C8H10O5S. The van der Waals surface area contributed by atoms with Crippen LogP contribution in [0.3, 0.4) is 0 Å². The highest BCUT2D eigenvalue weighted by Gasteiger charge is 2.73. The molecule has 0 aromatic rings. The number of ether oxygens (including phenoxy) is 1. The van der Waals surface area contributed by atoms with Crippen LogP contribution in [0.5, 0.6) is 0 Å². The van der Waals surface area contributed by atoms with Crippen LogP contribution in [0, 0.1) is 11.8 Å². The maximum atomic E-state index is 11.1. The van der Waals surface area contributed by atoms with Crippen LogP contribution in [-0.2, 0) is 14.3 Å². The molecule has 1 saturated heterocycles. The average molecular weight is 218 g/mol. The van der Waals surface area contributed by atoms with Gasteiger partial charge in [0.25, 0.3) is 0 Å². The minimum absolute atomic E-state index is 0.114. The topological polar surface area (TPSA) is 83.8 Å². The first-order chi connectivity index (χ1) is 6.54. The smallest absolute Gasteiger partial charge is 0.322 e. The van der Waals surface area contributed by atoms with Crippen LogP contribution in [-0.4, -0.2) is 45.9 Å². The number of carbonyl (C=O) groups is 2. The van der Waals surface area contributed by atoms with Gasteiger partial charge in [0.1, 0.15) is 4.75 Å². The van der Waals surface area contributed by atoms with Crippen LogP contribution in [0.4, 0.5) is 0 Å². The van der Waals surface area contributed by atoms with E-state index in [0.717, 1.165) is 0 Å². The van der Waals surface area contributed by atoms with E-state index in [1.54, 1.807) is 6.26 Å². The van der Waals surface area contributed by atoms with Crippen molar-refractivity contribution in [1.29, 1.82) is 0 Å². The largest absolute Gasteiger partial charge is 0.481 e. The van der Waals surface area contributed by atoms with Crippen LogP contribution in [0.1, 0.15) is 0 Å². The zero-order valence-electron chi connectivity index (χ0n) is 7.47. The lowest BCUT2D eigenvalue weighted by Crippen LogP contribution is -2.40. The van der Waals surface area contributed by atoms with E-state index >= 15 is 0 Å². The molecule has 14 heavy (non-hydrogen) atoms. The molecule has 0 spiro atoms. The summed E-state index contributed by atoms with van der Waals surface area (Å²) in [5.41, 5.74) is 0. The van der Waals surface area contributed by atoms with E-state index in [0.29, 0.717) is 0 Å². The Morgan fingerprint density at radius 3 is 2.50 bits per heavy atom. The SMILES string of the molecule is CSC1(C(=O)O)COC2C(C(=O)O)C21. The van der Waals surface area contributed by atoms with E-state index in [4.69, 9.17) is 14.9 Å². The summed E-state index contributed by atoms with van der Waals surface area (Å²) in [7, 11) is 0. The number of aliphatic carboxylic acids is 2. The maximum Gasteiger partial charge on any atom is 0.322 e. The number of rotatable bonds is 3. The lowest BCUT2D eigenvalue weighted by Gasteiger charge is -2.22. The third-order valence-corrected chi connectivity index (χ3v) is 4.29. The van der Waals surface area contributed by atoms with Crippen LogP contribution in [0.2, 0.25) is 0 Å². The quantitative estimate of drug-likeness (QED) is 0.688. The Hall–Kier alpha value is -0.750. The molecule has 0 radical (unpaired) electrons. The summed E-state index contributed by atoms with van der Waals surface area (Å²) in [5.74, 6) is -2.93. The standard InChI is InChI=1S/C8H10O5S/c1-14-8(7(11)12)2-13-5-3(4(5)8)6(9)10/h3-5H,2H2,1H3,(H,9,10)(H,11,12). The fraction of sp³-hybridized carbons (Fsp3) is 0.750. The first-order valence-electron chi connectivity index (χ1n) is 4.17. The van der Waals surface area contributed by atoms with Gasteiger partial charge in [-0.1, -0.05) is 0 Å². The van der Waals surface area contributed by atoms with Gasteiger partial charge in [0.15, 0.2) is 0 Å². The van der Waals surface area contributed by atoms with Gasteiger partial charge in [0, 0.05) is 5.92 Å². The van der Waals surface area contributed by atoms with Gasteiger partial charge in [-0.05, 0) is 6.26 Å². The van der Waals surface area contributed by atoms with Crippen LogP contribution >= 0.6 is 11.8 Å². The Labute approximate surface area is 84.4 Å². The van der Waals surface area contributed by atoms with E-state index in [1.165, 1.54) is 11.8 Å². The Bertz CT molecular complexity index is 304. The Morgan fingerprint density at radius 1 is 1.50 bits per heavy atom. The number of carboxylic acid groups (broad SMARTS) is 2. The first kappa shape index (κ1) is 9.79. The van der Waals surface area contributed by atoms with Crippen molar-refractivity contribution in [2.75, 3.05) is 12.9 Å². The van der Waals surface area contributed by atoms with Crippen molar-refractivity contribution in [1.82, 2.24) is 0 Å². The van der Waals surface area contributed by atoms with Crippen molar-refractivity contribution < 1.29 is 24.5 Å². The van der Waals surface area contributed by atoms with E-state index in [1.807, 2.05) is 0 Å². The number of thioether (sulfide) groups is 1. The third kappa shape index (κ3) is 1.01. The number of hydrogen-bond acceptors (Lipinski definition) is 4. The van der Waals surface area contributed by atoms with Crippen molar-refractivity contribution in [2.24, 2.45) is 11.8 Å². The molecule has 1 saturated carbocycles. The minimum atomic E-state index is -1.05. The van der Waals surface area contributed by atoms with Gasteiger partial charge in [0.05, 0.1) is 18.6 Å². The second-order valence-corrected chi connectivity index (χ2v) is 4.70. The van der Waals surface area contributed by atoms with Crippen molar-refractivity contribution in [3.05, 3.63) is 0 Å². The van der Waals surface area contributed by atoms with Gasteiger partial charge < -0.3 is 14.9 Å². The van der Waals surface area contributed by atoms with E-state index in [2.05, 4.69) is 0 Å². The second kappa shape index (κ2) is 2.87. The molecule has 0 bridgehead atoms. The molecule has 0 amide bonds. The zero-order valence-corrected chi connectivity index (χ0v) is 8.28. The Morgan fingerprint density at radius 2 is 2.14 bits per heavy atom. The second-order valence-electron chi connectivity index (χ2n) is 3.56. The molecule has 2 fully saturated rings. The minimum Gasteiger partial charge on any atom is -0.481 e. The molecule has 6 heteroatoms. The molecule has 0 aromatic heterocycles. The highest BCUT2D eigenvalue weighted by atomic mass is 32.2. The lowest BCUT2D eigenvalue weighted by atomic mass is 10.0. The van der Waals surface area contributed by atoms with Crippen molar-refractivity contribution >= 4 is 23.7 Å². The van der Waals surface area contributed by atoms with Crippen molar-refractivity contribution in [3.63, 3.8) is 0 Å². The summed E-state index contributed by atoms with van der Waals surface area (Å²) in [5, 5.41) is 17.9. The molecule has 5 nitrogen and oxygen atoms in total. The van der Waals surface area contributed by atoms with Crippen molar-refractivity contribution in [3.8, 4) is 0 Å². The molecule has 4 atom stereocenters. The number of carboxylic acids is 2. The normalized spacial score (nSPS) is 44.5. The highest BCUT2D eigenvalue weighted by Crippen LogP contribution is 2.59. The van der Waals surface area contributed by atoms with Gasteiger partial charge in [-0.25, -0.2) is 0 Å². The molecule has 0 aromatic carbocycles. The molecule has 78 valence electrons. The summed E-state index contributed by atoms with van der Waals surface area (Å²) in [6, 6.07) is 0. The van der Waals surface area contributed by atoms with E-state index in [9.17, 15) is 9.59 Å². The molecule has 2 N–H and O–H groups in total. The van der Waals surface area contributed by atoms with Gasteiger partial charge in [-0.15, -0.1) is 11.8 Å². The number of hydrogen-bond donors (Lipinski definition) is 2. The van der Waals surface area contributed by atoms with Crippen LogP contribution < -0.4 is 0 Å². The lowest BCUT2D eigenvalue weighted by molar-refractivity contribution is -0.143. The monoisotopic (exact) mass is 218 g/mol. The Kier molecular flexibility index (Phi) is 2.01. The van der Waals surface area contributed by atoms with Crippen molar-refractivity contribution in [2.45, 2.75) is 10.9 Å². The van der Waals surface area contributed by atoms with E-state index < -0.39 is 28.7 Å². The molecule has 2 rings (SSSR count). The van der Waals surface area contributed by atoms with Gasteiger partial charge in [0.2, 0.25) is 0 Å². The van der Waals surface area contributed by atoms with Gasteiger partial charge >= 0.3 is 11.9 Å². The maximum absolute atomic E-state index is 11.1. The predicted octanol–water partition coefficient (Wildman–Crippen LogP) is -0.0978. The summed E-state index contributed by atoms with van der Waals surface area (Å²) in [6.07, 6.45) is 1.29. The highest BCUT2D eigenvalue weighted by molar-refractivity contribution is 8.00.